The zero-order valence-electron chi connectivity index (χ0n) is 21.4. The lowest BCUT2D eigenvalue weighted by molar-refractivity contribution is -0.123. The number of amides is 2. The Kier molecular flexibility index (Phi) is 8.29. The fourth-order valence-corrected chi connectivity index (χ4v) is 5.33. The van der Waals surface area contributed by atoms with Crippen molar-refractivity contribution in [1.82, 2.24) is 9.80 Å². The molecule has 2 aliphatic rings. The van der Waals surface area contributed by atoms with E-state index in [9.17, 15) is 14.0 Å². The van der Waals surface area contributed by atoms with E-state index in [1.54, 1.807) is 18.7 Å². The Morgan fingerprint density at radius 2 is 1.69 bits per heavy atom. The molecule has 6 nitrogen and oxygen atoms in total. The highest BCUT2D eigenvalue weighted by atomic mass is 19.1. The molecule has 0 unspecified atom stereocenters. The van der Waals surface area contributed by atoms with Crippen molar-refractivity contribution in [3.8, 4) is 16.9 Å². The summed E-state index contributed by atoms with van der Waals surface area (Å²) in [6.07, 6.45) is 4.40. The average Bonchev–Trinajstić information content (AvgIpc) is 2.87. The lowest BCUT2D eigenvalue weighted by Gasteiger charge is -2.34. The van der Waals surface area contributed by atoms with Crippen LogP contribution in [0.5, 0.6) is 5.75 Å². The zero-order chi connectivity index (χ0) is 25.7. The molecule has 0 bridgehead atoms. The second-order valence-corrected chi connectivity index (χ2v) is 10.7. The minimum Gasteiger partial charge on any atom is -0.493 e. The minimum atomic E-state index is -1.16. The topological polar surface area (TPSA) is 75.9 Å². The maximum absolute atomic E-state index is 13.9. The van der Waals surface area contributed by atoms with Crippen molar-refractivity contribution in [3.63, 3.8) is 0 Å². The molecule has 2 aromatic carbocycles. The summed E-state index contributed by atoms with van der Waals surface area (Å²) >= 11 is 0. The van der Waals surface area contributed by atoms with E-state index in [0.717, 1.165) is 55.6 Å². The van der Waals surface area contributed by atoms with E-state index < -0.39 is 17.6 Å². The van der Waals surface area contributed by atoms with Crippen LogP contribution in [0.3, 0.4) is 0 Å². The van der Waals surface area contributed by atoms with Gasteiger partial charge in [-0.25, -0.2) is 4.39 Å². The molecule has 2 fully saturated rings. The predicted octanol–water partition coefficient (Wildman–Crippen LogP) is 4.67. The number of rotatable bonds is 8. The van der Waals surface area contributed by atoms with E-state index in [1.807, 2.05) is 48.5 Å². The Balaban J connectivity index is 1.38. The van der Waals surface area contributed by atoms with Crippen LogP contribution in [-0.4, -0.2) is 66.1 Å². The quantitative estimate of drug-likeness (QED) is 0.577. The summed E-state index contributed by atoms with van der Waals surface area (Å²) in [5.41, 5.74) is 6.74. The molecular weight excluding hydrogens is 457 g/mol. The van der Waals surface area contributed by atoms with E-state index in [4.69, 9.17) is 10.5 Å². The molecule has 7 heteroatoms. The summed E-state index contributed by atoms with van der Waals surface area (Å²) in [5, 5.41) is 0. The first kappa shape index (κ1) is 26.1. The number of nitrogens with two attached hydrogens (primary N) is 1. The number of carbonyl (C=O) groups excluding carboxylic acids is 2. The molecule has 0 aromatic heterocycles. The Morgan fingerprint density at radius 3 is 2.36 bits per heavy atom. The van der Waals surface area contributed by atoms with Crippen molar-refractivity contribution in [2.75, 3.05) is 32.8 Å². The summed E-state index contributed by atoms with van der Waals surface area (Å²) in [5.74, 6) is 0.653. The lowest BCUT2D eigenvalue weighted by atomic mass is 9.95. The van der Waals surface area contributed by atoms with Gasteiger partial charge in [0.25, 0.3) is 5.91 Å². The van der Waals surface area contributed by atoms with E-state index in [1.165, 1.54) is 0 Å². The average molecular weight is 496 g/mol. The summed E-state index contributed by atoms with van der Waals surface area (Å²) in [6, 6.07) is 14.8. The third-order valence-electron chi connectivity index (χ3n) is 7.21. The third kappa shape index (κ3) is 6.64. The number of ether oxygens (including phenoxy) is 1. The molecule has 4 rings (SSSR count). The van der Waals surface area contributed by atoms with Gasteiger partial charge < -0.3 is 20.3 Å². The summed E-state index contributed by atoms with van der Waals surface area (Å²) in [7, 11) is 0. The van der Waals surface area contributed by atoms with Gasteiger partial charge >= 0.3 is 0 Å². The van der Waals surface area contributed by atoms with Crippen LogP contribution < -0.4 is 10.5 Å². The fraction of sp³-hybridized carbons (Fsp3) is 0.517. The second-order valence-electron chi connectivity index (χ2n) is 10.7. The number of halogens is 1. The number of hydrogen-bond acceptors (Lipinski definition) is 4. The summed E-state index contributed by atoms with van der Waals surface area (Å²) < 4.78 is 20.0. The smallest absolute Gasteiger partial charge is 0.255 e. The molecule has 2 amide bonds. The monoisotopic (exact) mass is 495 g/mol. The lowest BCUT2D eigenvalue weighted by Crippen LogP contribution is -2.50. The van der Waals surface area contributed by atoms with Gasteiger partial charge in [0, 0.05) is 18.7 Å². The molecular formula is C29H38FN3O3. The second kappa shape index (κ2) is 11.4. The normalized spacial score (nSPS) is 19.8. The molecule has 0 saturated carbocycles. The Bertz CT molecular complexity index is 1040. The first-order valence-electron chi connectivity index (χ1n) is 13.0. The van der Waals surface area contributed by atoms with Gasteiger partial charge in [0.1, 0.15) is 17.5 Å². The molecule has 0 spiro atoms. The van der Waals surface area contributed by atoms with Gasteiger partial charge in [0.15, 0.2) is 0 Å². The molecule has 1 atom stereocenters. The molecule has 2 aliphatic heterocycles. The van der Waals surface area contributed by atoms with Gasteiger partial charge in [0.05, 0.1) is 6.61 Å². The van der Waals surface area contributed by atoms with Crippen LogP contribution >= 0.6 is 0 Å². The van der Waals surface area contributed by atoms with Crippen molar-refractivity contribution in [2.45, 2.75) is 57.7 Å². The van der Waals surface area contributed by atoms with Crippen LogP contribution in [0, 0.1) is 5.92 Å². The van der Waals surface area contributed by atoms with E-state index in [-0.39, 0.29) is 5.91 Å². The SMILES string of the molecule is CC(C)(F)CN1CCC(COc2ccc(-c3ccccc3C(=O)N3CCCC[C@@H]3C(N)=O)cc2)CC1. The van der Waals surface area contributed by atoms with Crippen molar-refractivity contribution in [1.29, 1.82) is 0 Å². The molecule has 2 aromatic rings. The predicted molar refractivity (Wildman–Crippen MR) is 140 cm³/mol. The van der Waals surface area contributed by atoms with Crippen LogP contribution in [0.25, 0.3) is 11.1 Å². The van der Waals surface area contributed by atoms with Crippen LogP contribution in [0.2, 0.25) is 0 Å². The van der Waals surface area contributed by atoms with Crippen LogP contribution in [0.1, 0.15) is 56.3 Å². The number of likely N-dealkylation sites (tertiary alicyclic amines) is 2. The van der Waals surface area contributed by atoms with E-state index in [2.05, 4.69) is 4.90 Å². The van der Waals surface area contributed by atoms with Gasteiger partial charge in [-0.05, 0) is 94.3 Å². The number of hydrogen-bond donors (Lipinski definition) is 1. The van der Waals surface area contributed by atoms with Gasteiger partial charge in [-0.3, -0.25) is 9.59 Å². The summed E-state index contributed by atoms with van der Waals surface area (Å²) in [4.78, 5) is 29.2. The highest BCUT2D eigenvalue weighted by molar-refractivity contribution is 6.02. The molecule has 2 saturated heterocycles. The Labute approximate surface area is 213 Å². The van der Waals surface area contributed by atoms with Crippen molar-refractivity contribution in [2.24, 2.45) is 11.7 Å². The van der Waals surface area contributed by atoms with E-state index in [0.29, 0.717) is 37.6 Å². The standard InChI is InChI=1S/C29H38FN3O3/c1-29(2,30)20-32-17-14-21(15-18-32)19-36-23-12-10-22(11-13-23)24-7-3-4-8-25(24)28(35)33-16-6-5-9-26(33)27(31)34/h3-4,7-8,10-13,21,26H,5-6,9,14-20H2,1-2H3,(H2,31,34)/t26-/m1/s1. The molecule has 0 aliphatic carbocycles. The first-order chi connectivity index (χ1) is 17.2. The molecule has 2 heterocycles. The summed E-state index contributed by atoms with van der Waals surface area (Å²) in [6.45, 7) is 6.73. The van der Waals surface area contributed by atoms with Crippen molar-refractivity contribution in [3.05, 3.63) is 54.1 Å². The maximum atomic E-state index is 13.9. The molecule has 0 radical (unpaired) electrons. The number of alkyl halides is 1. The van der Waals surface area contributed by atoms with Gasteiger partial charge in [-0.1, -0.05) is 30.3 Å². The van der Waals surface area contributed by atoms with Crippen LogP contribution in [-0.2, 0) is 4.79 Å². The molecule has 2 N–H and O–H groups in total. The fourth-order valence-electron chi connectivity index (χ4n) is 5.33. The highest BCUT2D eigenvalue weighted by Crippen LogP contribution is 2.29. The number of piperidine rings is 2. The van der Waals surface area contributed by atoms with Crippen molar-refractivity contribution >= 4 is 11.8 Å². The number of nitrogens with zero attached hydrogens (tertiary/aromatic N) is 2. The van der Waals surface area contributed by atoms with E-state index >= 15 is 0 Å². The van der Waals surface area contributed by atoms with Crippen LogP contribution in [0.4, 0.5) is 4.39 Å². The third-order valence-corrected chi connectivity index (χ3v) is 7.21. The Morgan fingerprint density at radius 1 is 1.00 bits per heavy atom. The zero-order valence-corrected chi connectivity index (χ0v) is 21.4. The minimum absolute atomic E-state index is 0.156. The molecule has 194 valence electrons. The highest BCUT2D eigenvalue weighted by Gasteiger charge is 2.32. The van der Waals surface area contributed by atoms with Gasteiger partial charge in [0.2, 0.25) is 5.91 Å². The van der Waals surface area contributed by atoms with Crippen molar-refractivity contribution < 1.29 is 18.7 Å². The first-order valence-corrected chi connectivity index (χ1v) is 13.0. The van der Waals surface area contributed by atoms with Gasteiger partial charge in [-0.2, -0.15) is 0 Å². The molecule has 36 heavy (non-hydrogen) atoms. The largest absolute Gasteiger partial charge is 0.493 e. The number of benzene rings is 2. The Hall–Kier alpha value is -2.93. The number of carbonyl (C=O) groups is 2. The van der Waals surface area contributed by atoms with Gasteiger partial charge in [-0.15, -0.1) is 0 Å². The van der Waals surface area contributed by atoms with Crippen LogP contribution in [0.15, 0.2) is 48.5 Å². The maximum Gasteiger partial charge on any atom is 0.255 e. The number of primary amides is 1.